The van der Waals surface area contributed by atoms with Gasteiger partial charge in [0.15, 0.2) is 0 Å². The SMILES string of the molecule is CCCNC(Cc1ccccn1)Cc1csc(C)n1. The van der Waals surface area contributed by atoms with E-state index in [0.29, 0.717) is 6.04 Å². The van der Waals surface area contributed by atoms with E-state index in [1.807, 2.05) is 18.3 Å². The number of aromatic nitrogens is 2. The molecule has 2 aromatic heterocycles. The summed E-state index contributed by atoms with van der Waals surface area (Å²) in [6.45, 7) is 5.29. The molecule has 0 amide bonds. The molecule has 2 aromatic rings. The normalized spacial score (nSPS) is 12.5. The summed E-state index contributed by atoms with van der Waals surface area (Å²) in [5.41, 5.74) is 2.33. The number of hydrogen-bond donors (Lipinski definition) is 1. The van der Waals surface area contributed by atoms with Crippen molar-refractivity contribution in [2.75, 3.05) is 6.54 Å². The Hall–Kier alpha value is -1.26. The third kappa shape index (κ3) is 4.73. The van der Waals surface area contributed by atoms with Crippen LogP contribution in [0.15, 0.2) is 29.8 Å². The van der Waals surface area contributed by atoms with Crippen LogP contribution in [0.25, 0.3) is 0 Å². The number of aryl methyl sites for hydroxylation is 1. The highest BCUT2D eigenvalue weighted by Crippen LogP contribution is 2.12. The van der Waals surface area contributed by atoms with Gasteiger partial charge in [0.2, 0.25) is 0 Å². The van der Waals surface area contributed by atoms with E-state index in [1.165, 1.54) is 5.69 Å². The lowest BCUT2D eigenvalue weighted by molar-refractivity contribution is 0.497. The standard InChI is InChI=1S/C15H21N3S/c1-3-7-16-14(9-13-6-4-5-8-17-13)10-15-11-19-12(2)18-15/h4-6,8,11,14,16H,3,7,9-10H2,1-2H3. The summed E-state index contributed by atoms with van der Waals surface area (Å²) in [6.07, 6.45) is 4.94. The fourth-order valence-electron chi connectivity index (χ4n) is 2.09. The summed E-state index contributed by atoms with van der Waals surface area (Å²) in [5.74, 6) is 0. The van der Waals surface area contributed by atoms with Crippen molar-refractivity contribution in [1.82, 2.24) is 15.3 Å². The van der Waals surface area contributed by atoms with Crippen LogP contribution in [0.3, 0.4) is 0 Å². The van der Waals surface area contributed by atoms with Crippen LogP contribution >= 0.6 is 11.3 Å². The number of nitrogens with one attached hydrogen (secondary N) is 1. The van der Waals surface area contributed by atoms with Crippen molar-refractivity contribution in [2.24, 2.45) is 0 Å². The van der Waals surface area contributed by atoms with Crippen LogP contribution in [-0.4, -0.2) is 22.6 Å². The Morgan fingerprint density at radius 1 is 1.26 bits per heavy atom. The summed E-state index contributed by atoms with van der Waals surface area (Å²) >= 11 is 1.72. The first-order chi connectivity index (χ1) is 9.28. The molecule has 1 N–H and O–H groups in total. The van der Waals surface area contributed by atoms with Crippen molar-refractivity contribution in [1.29, 1.82) is 0 Å². The first-order valence-electron chi connectivity index (χ1n) is 6.82. The van der Waals surface area contributed by atoms with Gasteiger partial charge in [0.25, 0.3) is 0 Å². The Kier molecular flexibility index (Phi) is 5.48. The molecule has 0 radical (unpaired) electrons. The van der Waals surface area contributed by atoms with Gasteiger partial charge < -0.3 is 5.32 Å². The lowest BCUT2D eigenvalue weighted by Gasteiger charge is -2.17. The third-order valence-electron chi connectivity index (χ3n) is 2.99. The van der Waals surface area contributed by atoms with E-state index in [9.17, 15) is 0 Å². The molecule has 0 spiro atoms. The molecule has 19 heavy (non-hydrogen) atoms. The molecule has 0 aromatic carbocycles. The lowest BCUT2D eigenvalue weighted by Crippen LogP contribution is -2.34. The topological polar surface area (TPSA) is 37.8 Å². The summed E-state index contributed by atoms with van der Waals surface area (Å²) in [7, 11) is 0. The second-order valence-electron chi connectivity index (χ2n) is 4.74. The molecule has 2 rings (SSSR count). The number of rotatable bonds is 7. The van der Waals surface area contributed by atoms with E-state index in [2.05, 4.69) is 40.6 Å². The molecule has 0 saturated carbocycles. The second kappa shape index (κ2) is 7.36. The first-order valence-corrected chi connectivity index (χ1v) is 7.70. The molecule has 102 valence electrons. The van der Waals surface area contributed by atoms with E-state index >= 15 is 0 Å². The average Bonchev–Trinajstić information content (AvgIpc) is 2.82. The minimum Gasteiger partial charge on any atom is -0.313 e. The van der Waals surface area contributed by atoms with Gasteiger partial charge in [-0.3, -0.25) is 4.98 Å². The maximum atomic E-state index is 4.56. The van der Waals surface area contributed by atoms with Gasteiger partial charge >= 0.3 is 0 Å². The van der Waals surface area contributed by atoms with Gasteiger partial charge in [-0.05, 0) is 32.0 Å². The van der Waals surface area contributed by atoms with Gasteiger partial charge in [-0.1, -0.05) is 13.0 Å². The van der Waals surface area contributed by atoms with E-state index in [0.717, 1.165) is 36.5 Å². The lowest BCUT2D eigenvalue weighted by atomic mass is 10.1. The molecular weight excluding hydrogens is 254 g/mol. The van der Waals surface area contributed by atoms with Gasteiger partial charge in [0.05, 0.1) is 10.7 Å². The molecule has 4 heteroatoms. The van der Waals surface area contributed by atoms with Crippen molar-refractivity contribution in [3.63, 3.8) is 0 Å². The largest absolute Gasteiger partial charge is 0.313 e. The second-order valence-corrected chi connectivity index (χ2v) is 5.80. The first kappa shape index (κ1) is 14.2. The summed E-state index contributed by atoms with van der Waals surface area (Å²) < 4.78 is 0. The van der Waals surface area contributed by atoms with Crippen molar-refractivity contribution in [3.05, 3.63) is 46.2 Å². The van der Waals surface area contributed by atoms with E-state index < -0.39 is 0 Å². The quantitative estimate of drug-likeness (QED) is 0.844. The summed E-state index contributed by atoms with van der Waals surface area (Å²) in [5, 5.41) is 6.90. The van der Waals surface area contributed by atoms with Crippen molar-refractivity contribution in [2.45, 2.75) is 39.2 Å². The highest BCUT2D eigenvalue weighted by Gasteiger charge is 2.12. The molecule has 0 aliphatic rings. The molecule has 2 heterocycles. The predicted octanol–water partition coefficient (Wildman–Crippen LogP) is 3.00. The summed E-state index contributed by atoms with van der Waals surface area (Å²) in [6, 6.07) is 6.51. The Balaban J connectivity index is 1.99. The van der Waals surface area contributed by atoms with Crippen LogP contribution in [0.5, 0.6) is 0 Å². The zero-order chi connectivity index (χ0) is 13.5. The van der Waals surface area contributed by atoms with Crippen LogP contribution in [-0.2, 0) is 12.8 Å². The van der Waals surface area contributed by atoms with Crippen LogP contribution in [0.1, 0.15) is 29.7 Å². The van der Waals surface area contributed by atoms with E-state index in [4.69, 9.17) is 0 Å². The smallest absolute Gasteiger partial charge is 0.0897 e. The van der Waals surface area contributed by atoms with Crippen LogP contribution < -0.4 is 5.32 Å². The third-order valence-corrected chi connectivity index (χ3v) is 3.81. The van der Waals surface area contributed by atoms with Gasteiger partial charge in [-0.2, -0.15) is 0 Å². The molecule has 1 unspecified atom stereocenters. The maximum Gasteiger partial charge on any atom is 0.0897 e. The van der Waals surface area contributed by atoms with Crippen LogP contribution in [0.4, 0.5) is 0 Å². The fraction of sp³-hybridized carbons (Fsp3) is 0.467. The molecule has 0 bridgehead atoms. The molecule has 1 atom stereocenters. The molecule has 3 nitrogen and oxygen atoms in total. The minimum absolute atomic E-state index is 0.413. The highest BCUT2D eigenvalue weighted by molar-refractivity contribution is 7.09. The van der Waals surface area contributed by atoms with Crippen molar-refractivity contribution in [3.8, 4) is 0 Å². The molecule has 0 saturated heterocycles. The summed E-state index contributed by atoms with van der Waals surface area (Å²) in [4.78, 5) is 8.97. The van der Waals surface area contributed by atoms with E-state index in [1.54, 1.807) is 11.3 Å². The Morgan fingerprint density at radius 2 is 2.11 bits per heavy atom. The Bertz CT molecular complexity index is 481. The minimum atomic E-state index is 0.413. The zero-order valence-electron chi connectivity index (χ0n) is 11.6. The van der Waals surface area contributed by atoms with Crippen LogP contribution in [0.2, 0.25) is 0 Å². The highest BCUT2D eigenvalue weighted by atomic mass is 32.1. The van der Waals surface area contributed by atoms with Gasteiger partial charge in [0.1, 0.15) is 0 Å². The molecule has 0 aliphatic carbocycles. The number of thiazole rings is 1. The number of pyridine rings is 1. The monoisotopic (exact) mass is 275 g/mol. The van der Waals surface area contributed by atoms with Gasteiger partial charge in [-0.25, -0.2) is 4.98 Å². The van der Waals surface area contributed by atoms with Gasteiger partial charge in [0, 0.05) is 36.2 Å². The number of nitrogens with zero attached hydrogens (tertiary/aromatic N) is 2. The zero-order valence-corrected chi connectivity index (χ0v) is 12.4. The van der Waals surface area contributed by atoms with Crippen molar-refractivity contribution >= 4 is 11.3 Å². The Morgan fingerprint density at radius 3 is 2.74 bits per heavy atom. The Labute approximate surface area is 119 Å². The predicted molar refractivity (Wildman–Crippen MR) is 80.6 cm³/mol. The van der Waals surface area contributed by atoms with Gasteiger partial charge in [-0.15, -0.1) is 11.3 Å². The van der Waals surface area contributed by atoms with E-state index in [-0.39, 0.29) is 0 Å². The van der Waals surface area contributed by atoms with Crippen LogP contribution in [0, 0.1) is 6.92 Å². The molecule has 0 fully saturated rings. The van der Waals surface area contributed by atoms with Crippen molar-refractivity contribution < 1.29 is 0 Å². The molecular formula is C15H21N3S. The number of hydrogen-bond acceptors (Lipinski definition) is 4. The fourth-order valence-corrected chi connectivity index (χ4v) is 2.72. The maximum absolute atomic E-state index is 4.56. The average molecular weight is 275 g/mol. The molecule has 0 aliphatic heterocycles.